The molecule has 18 heavy (non-hydrogen) atoms. The second-order valence-electron chi connectivity index (χ2n) is 3.72. The maximum atomic E-state index is 11.7. The molecule has 5 heteroatoms. The van der Waals surface area contributed by atoms with Gasteiger partial charge in [0.1, 0.15) is 22.6 Å². The number of aryl methyl sites for hydroxylation is 1. The third-order valence-electron chi connectivity index (χ3n) is 2.55. The van der Waals surface area contributed by atoms with Crippen LogP contribution in [0.25, 0.3) is 11.1 Å². The van der Waals surface area contributed by atoms with Crippen molar-refractivity contribution in [3.63, 3.8) is 0 Å². The van der Waals surface area contributed by atoms with Crippen LogP contribution >= 0.6 is 0 Å². The van der Waals surface area contributed by atoms with Gasteiger partial charge in [-0.05, 0) is 12.5 Å². The SMILES string of the molecule is Cc1oc(=O)c(-c2ccccc2)c(O)c1C(=O)O. The Labute approximate surface area is 102 Å². The van der Waals surface area contributed by atoms with Crippen LogP contribution in [-0.2, 0) is 0 Å². The zero-order valence-corrected chi connectivity index (χ0v) is 9.51. The van der Waals surface area contributed by atoms with E-state index in [0.29, 0.717) is 5.56 Å². The molecule has 0 amide bonds. The van der Waals surface area contributed by atoms with E-state index in [1.807, 2.05) is 0 Å². The highest BCUT2D eigenvalue weighted by Gasteiger charge is 2.22. The van der Waals surface area contributed by atoms with E-state index in [9.17, 15) is 14.7 Å². The Bertz CT molecular complexity index is 655. The van der Waals surface area contributed by atoms with Crippen molar-refractivity contribution in [1.82, 2.24) is 0 Å². The number of benzene rings is 1. The van der Waals surface area contributed by atoms with Crippen molar-refractivity contribution in [3.8, 4) is 16.9 Å². The number of rotatable bonds is 2. The van der Waals surface area contributed by atoms with Crippen LogP contribution in [0.2, 0.25) is 0 Å². The minimum absolute atomic E-state index is 0.121. The molecule has 0 saturated heterocycles. The van der Waals surface area contributed by atoms with Crippen LogP contribution in [-0.4, -0.2) is 16.2 Å². The minimum Gasteiger partial charge on any atom is -0.506 e. The zero-order chi connectivity index (χ0) is 13.3. The molecule has 2 aromatic rings. The van der Waals surface area contributed by atoms with Crippen molar-refractivity contribution >= 4 is 5.97 Å². The van der Waals surface area contributed by atoms with E-state index in [-0.39, 0.29) is 11.3 Å². The topological polar surface area (TPSA) is 87.7 Å². The Kier molecular flexibility index (Phi) is 2.89. The van der Waals surface area contributed by atoms with E-state index >= 15 is 0 Å². The van der Waals surface area contributed by atoms with Crippen molar-refractivity contribution in [2.24, 2.45) is 0 Å². The van der Waals surface area contributed by atoms with E-state index in [0.717, 1.165) is 0 Å². The van der Waals surface area contributed by atoms with Crippen LogP contribution in [0.1, 0.15) is 16.1 Å². The molecule has 0 aliphatic carbocycles. The van der Waals surface area contributed by atoms with Gasteiger partial charge in [0.15, 0.2) is 0 Å². The molecular weight excluding hydrogens is 236 g/mol. The number of carboxylic acids is 1. The summed E-state index contributed by atoms with van der Waals surface area (Å²) in [7, 11) is 0. The van der Waals surface area contributed by atoms with Crippen LogP contribution in [0.5, 0.6) is 5.75 Å². The van der Waals surface area contributed by atoms with E-state index in [1.165, 1.54) is 6.92 Å². The van der Waals surface area contributed by atoms with Gasteiger partial charge in [0.25, 0.3) is 0 Å². The van der Waals surface area contributed by atoms with E-state index in [1.54, 1.807) is 30.3 Å². The normalized spacial score (nSPS) is 10.3. The van der Waals surface area contributed by atoms with Crippen LogP contribution in [0.15, 0.2) is 39.5 Å². The fourth-order valence-electron chi connectivity index (χ4n) is 1.74. The van der Waals surface area contributed by atoms with E-state index < -0.39 is 22.9 Å². The maximum Gasteiger partial charge on any atom is 0.347 e. The average molecular weight is 246 g/mol. The lowest BCUT2D eigenvalue weighted by molar-refractivity contribution is 0.0689. The molecule has 0 aliphatic heterocycles. The Morgan fingerprint density at radius 2 is 1.83 bits per heavy atom. The lowest BCUT2D eigenvalue weighted by Crippen LogP contribution is -2.10. The largest absolute Gasteiger partial charge is 0.506 e. The fourth-order valence-corrected chi connectivity index (χ4v) is 1.74. The van der Waals surface area contributed by atoms with Gasteiger partial charge < -0.3 is 14.6 Å². The summed E-state index contributed by atoms with van der Waals surface area (Å²) in [6.45, 7) is 1.32. The van der Waals surface area contributed by atoms with Gasteiger partial charge >= 0.3 is 11.6 Å². The highest BCUT2D eigenvalue weighted by molar-refractivity contribution is 5.94. The molecule has 2 rings (SSSR count). The molecule has 0 unspecified atom stereocenters. The molecule has 92 valence electrons. The number of hydrogen-bond acceptors (Lipinski definition) is 4. The van der Waals surface area contributed by atoms with Crippen molar-refractivity contribution in [3.05, 3.63) is 52.1 Å². The Balaban J connectivity index is 2.81. The van der Waals surface area contributed by atoms with Gasteiger partial charge in [-0.2, -0.15) is 0 Å². The van der Waals surface area contributed by atoms with Gasteiger partial charge in [-0.25, -0.2) is 9.59 Å². The monoisotopic (exact) mass is 246 g/mol. The number of carbonyl (C=O) groups is 1. The second-order valence-corrected chi connectivity index (χ2v) is 3.72. The summed E-state index contributed by atoms with van der Waals surface area (Å²) in [4.78, 5) is 22.7. The van der Waals surface area contributed by atoms with Gasteiger partial charge in [-0.3, -0.25) is 0 Å². The predicted molar refractivity (Wildman–Crippen MR) is 63.8 cm³/mol. The zero-order valence-electron chi connectivity index (χ0n) is 9.51. The Morgan fingerprint density at radius 3 is 2.39 bits per heavy atom. The van der Waals surface area contributed by atoms with Crippen molar-refractivity contribution in [2.45, 2.75) is 6.92 Å². The predicted octanol–water partition coefficient (Wildman–Crippen LogP) is 2.02. The van der Waals surface area contributed by atoms with Gasteiger partial charge in [0.05, 0.1) is 0 Å². The summed E-state index contributed by atoms with van der Waals surface area (Å²) < 4.78 is 4.84. The maximum absolute atomic E-state index is 11.7. The smallest absolute Gasteiger partial charge is 0.347 e. The first-order valence-electron chi connectivity index (χ1n) is 5.17. The lowest BCUT2D eigenvalue weighted by atomic mass is 10.0. The minimum atomic E-state index is -1.34. The standard InChI is InChI=1S/C13H10O5/c1-7-9(12(15)16)11(14)10(13(17)18-7)8-5-3-2-4-6-8/h2-6,14H,1H3,(H,15,16). The summed E-state index contributed by atoms with van der Waals surface area (Å²) in [5.74, 6) is -2.03. The number of carboxylic acid groups (broad SMARTS) is 1. The van der Waals surface area contributed by atoms with Crippen LogP contribution in [0.3, 0.4) is 0 Å². The first-order valence-corrected chi connectivity index (χ1v) is 5.17. The quantitative estimate of drug-likeness (QED) is 0.846. The molecule has 0 fully saturated rings. The number of aromatic hydroxyl groups is 1. The van der Waals surface area contributed by atoms with Crippen molar-refractivity contribution in [1.29, 1.82) is 0 Å². The Morgan fingerprint density at radius 1 is 1.22 bits per heavy atom. The van der Waals surface area contributed by atoms with Gasteiger partial charge in [-0.1, -0.05) is 30.3 Å². The molecule has 0 aliphatic rings. The van der Waals surface area contributed by atoms with Gasteiger partial charge in [0, 0.05) is 0 Å². The Hall–Kier alpha value is -2.56. The summed E-state index contributed by atoms with van der Waals surface area (Å²) in [6.07, 6.45) is 0. The molecule has 0 spiro atoms. The molecule has 1 heterocycles. The summed E-state index contributed by atoms with van der Waals surface area (Å²) >= 11 is 0. The van der Waals surface area contributed by atoms with Crippen LogP contribution in [0, 0.1) is 6.92 Å². The molecule has 0 bridgehead atoms. The lowest BCUT2D eigenvalue weighted by Gasteiger charge is -2.07. The van der Waals surface area contributed by atoms with Crippen LogP contribution < -0.4 is 5.63 Å². The number of aromatic carboxylic acids is 1. The van der Waals surface area contributed by atoms with Crippen LogP contribution in [0.4, 0.5) is 0 Å². The van der Waals surface area contributed by atoms with Crippen molar-refractivity contribution < 1.29 is 19.4 Å². The third-order valence-corrected chi connectivity index (χ3v) is 2.55. The summed E-state index contributed by atoms with van der Waals surface area (Å²) in [5.41, 5.74) is -0.889. The molecule has 1 aromatic heterocycles. The highest BCUT2D eigenvalue weighted by atomic mass is 16.4. The molecule has 1 aromatic carbocycles. The highest BCUT2D eigenvalue weighted by Crippen LogP contribution is 2.30. The van der Waals surface area contributed by atoms with Gasteiger partial charge in [0.2, 0.25) is 0 Å². The van der Waals surface area contributed by atoms with E-state index in [2.05, 4.69) is 0 Å². The molecule has 0 saturated carbocycles. The van der Waals surface area contributed by atoms with Crippen molar-refractivity contribution in [2.75, 3.05) is 0 Å². The molecule has 2 N–H and O–H groups in total. The van der Waals surface area contributed by atoms with E-state index in [4.69, 9.17) is 9.52 Å². The molecule has 5 nitrogen and oxygen atoms in total. The molecular formula is C13H10O5. The molecule has 0 atom stereocenters. The second kappa shape index (κ2) is 4.37. The molecule has 0 radical (unpaired) electrons. The third kappa shape index (κ3) is 1.86. The summed E-state index contributed by atoms with van der Waals surface area (Å²) in [5, 5.41) is 18.9. The van der Waals surface area contributed by atoms with Gasteiger partial charge in [-0.15, -0.1) is 0 Å². The summed E-state index contributed by atoms with van der Waals surface area (Å²) in [6, 6.07) is 8.28. The average Bonchev–Trinajstić information content (AvgIpc) is 2.28. The first-order chi connectivity index (χ1) is 8.52. The number of hydrogen-bond donors (Lipinski definition) is 2. The first kappa shape index (κ1) is 11.9. The fraction of sp³-hybridized carbons (Fsp3) is 0.0769.